The Hall–Kier alpha value is -4.28. The maximum absolute atomic E-state index is 14.7. The van der Waals surface area contributed by atoms with Crippen molar-refractivity contribution in [2.45, 2.75) is 26.2 Å². The number of anilines is 2. The van der Waals surface area contributed by atoms with Crippen LogP contribution in [0.1, 0.15) is 26.5 Å². The standard InChI is InChI=1S/C23H25FN8O2/c1-23(2,3)19-12-20(32(5)30-19)28-22(33)27-17-7-6-14(10-16(17)24)34-15-8-9-25-18(11-15)21-29-26-13-31(21)4/h6-13H,1-5H3,(H2,27,28,33). The second-order valence-corrected chi connectivity index (χ2v) is 8.75. The van der Waals surface area contributed by atoms with Crippen LogP contribution in [0, 0.1) is 5.82 Å². The Morgan fingerprint density at radius 3 is 2.47 bits per heavy atom. The number of benzene rings is 1. The van der Waals surface area contributed by atoms with E-state index >= 15 is 0 Å². The molecule has 0 aliphatic carbocycles. The number of rotatable bonds is 5. The number of aromatic nitrogens is 6. The van der Waals surface area contributed by atoms with Crippen LogP contribution >= 0.6 is 0 Å². The number of amides is 2. The summed E-state index contributed by atoms with van der Waals surface area (Å²) in [6.07, 6.45) is 3.14. The Balaban J connectivity index is 1.43. The van der Waals surface area contributed by atoms with E-state index in [1.165, 1.54) is 12.1 Å². The molecule has 11 heteroatoms. The molecule has 3 heterocycles. The molecular formula is C23H25FN8O2. The molecular weight excluding hydrogens is 439 g/mol. The summed E-state index contributed by atoms with van der Waals surface area (Å²) in [5, 5.41) is 17.5. The minimum Gasteiger partial charge on any atom is -0.457 e. The highest BCUT2D eigenvalue weighted by Gasteiger charge is 2.20. The Kier molecular flexibility index (Phi) is 6.01. The van der Waals surface area contributed by atoms with E-state index in [-0.39, 0.29) is 16.9 Å². The molecule has 0 fully saturated rings. The van der Waals surface area contributed by atoms with Gasteiger partial charge in [0.1, 0.15) is 35.2 Å². The molecule has 34 heavy (non-hydrogen) atoms. The van der Waals surface area contributed by atoms with Crippen molar-refractivity contribution in [2.75, 3.05) is 10.6 Å². The first-order valence-corrected chi connectivity index (χ1v) is 10.5. The van der Waals surface area contributed by atoms with E-state index in [1.54, 1.807) is 60.1 Å². The van der Waals surface area contributed by atoms with Gasteiger partial charge in [-0.1, -0.05) is 20.8 Å². The maximum atomic E-state index is 14.7. The average Bonchev–Trinajstić information content (AvgIpc) is 3.36. The zero-order chi connectivity index (χ0) is 24.5. The molecule has 3 aromatic heterocycles. The molecule has 0 aliphatic rings. The molecule has 0 aliphatic heterocycles. The Bertz CT molecular complexity index is 1340. The van der Waals surface area contributed by atoms with E-state index in [2.05, 4.69) is 30.9 Å². The number of hydrogen-bond donors (Lipinski definition) is 2. The summed E-state index contributed by atoms with van der Waals surface area (Å²) in [6.45, 7) is 6.09. The van der Waals surface area contributed by atoms with Gasteiger partial charge in [-0.25, -0.2) is 9.18 Å². The van der Waals surface area contributed by atoms with E-state index in [4.69, 9.17) is 4.74 Å². The van der Waals surface area contributed by atoms with Crippen LogP contribution in [-0.4, -0.2) is 35.6 Å². The number of carbonyl (C=O) groups excluding carboxylic acids is 1. The van der Waals surface area contributed by atoms with Crippen LogP contribution in [0.15, 0.2) is 48.9 Å². The van der Waals surface area contributed by atoms with Crippen molar-refractivity contribution in [2.24, 2.45) is 14.1 Å². The van der Waals surface area contributed by atoms with Crippen molar-refractivity contribution >= 4 is 17.5 Å². The summed E-state index contributed by atoms with van der Waals surface area (Å²) in [6, 6.07) is 8.72. The quantitative estimate of drug-likeness (QED) is 0.450. The van der Waals surface area contributed by atoms with Crippen molar-refractivity contribution in [3.05, 3.63) is 60.4 Å². The average molecular weight is 465 g/mol. The minimum atomic E-state index is -0.643. The zero-order valence-electron chi connectivity index (χ0n) is 19.5. The lowest BCUT2D eigenvalue weighted by Gasteiger charge is -2.13. The maximum Gasteiger partial charge on any atom is 0.324 e. The molecule has 4 rings (SSSR count). The number of nitrogens with one attached hydrogen (secondary N) is 2. The monoisotopic (exact) mass is 464 g/mol. The molecule has 2 amide bonds. The van der Waals surface area contributed by atoms with Crippen molar-refractivity contribution in [1.82, 2.24) is 29.5 Å². The Morgan fingerprint density at radius 1 is 1.06 bits per heavy atom. The van der Waals surface area contributed by atoms with Gasteiger partial charge in [-0.05, 0) is 18.2 Å². The topological polar surface area (TPSA) is 112 Å². The molecule has 0 bridgehead atoms. The summed E-state index contributed by atoms with van der Waals surface area (Å²) in [7, 11) is 3.53. The molecule has 2 N–H and O–H groups in total. The lowest BCUT2D eigenvalue weighted by atomic mass is 9.92. The van der Waals surface area contributed by atoms with Gasteiger partial charge in [-0.15, -0.1) is 10.2 Å². The highest BCUT2D eigenvalue weighted by atomic mass is 19.1. The lowest BCUT2D eigenvalue weighted by molar-refractivity contribution is 0.262. The highest BCUT2D eigenvalue weighted by molar-refractivity contribution is 5.99. The Morgan fingerprint density at radius 2 is 1.82 bits per heavy atom. The minimum absolute atomic E-state index is 0.0116. The first kappa shape index (κ1) is 22.9. The van der Waals surface area contributed by atoms with Crippen LogP contribution in [-0.2, 0) is 19.5 Å². The number of nitrogens with zero attached hydrogens (tertiary/aromatic N) is 6. The van der Waals surface area contributed by atoms with E-state index in [9.17, 15) is 9.18 Å². The van der Waals surface area contributed by atoms with Gasteiger partial charge >= 0.3 is 6.03 Å². The van der Waals surface area contributed by atoms with Gasteiger partial charge in [0, 0.05) is 43.9 Å². The van der Waals surface area contributed by atoms with Crippen LogP contribution in [0.2, 0.25) is 0 Å². The third-order valence-electron chi connectivity index (χ3n) is 4.99. The first-order chi connectivity index (χ1) is 16.1. The fraction of sp³-hybridized carbons (Fsp3) is 0.261. The second kappa shape index (κ2) is 8.93. The van der Waals surface area contributed by atoms with Gasteiger partial charge in [-0.2, -0.15) is 5.10 Å². The molecule has 0 spiro atoms. The van der Waals surface area contributed by atoms with Crippen LogP contribution < -0.4 is 15.4 Å². The molecule has 176 valence electrons. The van der Waals surface area contributed by atoms with Gasteiger partial charge in [0.05, 0.1) is 11.4 Å². The van der Waals surface area contributed by atoms with Gasteiger partial charge in [0.2, 0.25) is 0 Å². The molecule has 0 saturated carbocycles. The molecule has 0 radical (unpaired) electrons. The summed E-state index contributed by atoms with van der Waals surface area (Å²) in [5.74, 6) is 1.15. The predicted molar refractivity (Wildman–Crippen MR) is 125 cm³/mol. The van der Waals surface area contributed by atoms with Crippen molar-refractivity contribution in [3.63, 3.8) is 0 Å². The number of aryl methyl sites for hydroxylation is 2. The molecule has 10 nitrogen and oxygen atoms in total. The number of halogens is 1. The van der Waals surface area contributed by atoms with E-state index in [1.807, 2.05) is 20.8 Å². The second-order valence-electron chi connectivity index (χ2n) is 8.75. The van der Waals surface area contributed by atoms with Gasteiger partial charge in [0.25, 0.3) is 0 Å². The van der Waals surface area contributed by atoms with Gasteiger partial charge < -0.3 is 14.6 Å². The summed E-state index contributed by atoms with van der Waals surface area (Å²) < 4.78 is 23.7. The number of carbonyl (C=O) groups is 1. The number of hydrogen-bond acceptors (Lipinski definition) is 6. The molecule has 0 atom stereocenters. The van der Waals surface area contributed by atoms with Crippen molar-refractivity contribution in [1.29, 1.82) is 0 Å². The van der Waals surface area contributed by atoms with Crippen molar-refractivity contribution in [3.8, 4) is 23.0 Å². The van der Waals surface area contributed by atoms with Crippen molar-refractivity contribution < 1.29 is 13.9 Å². The normalized spacial score (nSPS) is 11.4. The van der Waals surface area contributed by atoms with Crippen LogP contribution in [0.3, 0.4) is 0 Å². The zero-order valence-corrected chi connectivity index (χ0v) is 19.5. The molecule has 1 aromatic carbocycles. The van der Waals surface area contributed by atoms with Crippen LogP contribution in [0.4, 0.5) is 20.7 Å². The SMILES string of the molecule is Cn1cnnc1-c1cc(Oc2ccc(NC(=O)Nc3cc(C(C)(C)C)nn3C)c(F)c2)ccn1. The molecule has 0 unspecified atom stereocenters. The number of ether oxygens (including phenoxy) is 1. The third-order valence-corrected chi connectivity index (χ3v) is 4.99. The fourth-order valence-electron chi connectivity index (χ4n) is 3.13. The van der Waals surface area contributed by atoms with E-state index in [0.29, 0.717) is 23.1 Å². The van der Waals surface area contributed by atoms with E-state index < -0.39 is 11.8 Å². The number of urea groups is 1. The lowest BCUT2D eigenvalue weighted by Crippen LogP contribution is -2.21. The third kappa shape index (κ3) is 5.03. The molecule has 4 aromatic rings. The largest absolute Gasteiger partial charge is 0.457 e. The smallest absolute Gasteiger partial charge is 0.324 e. The summed E-state index contributed by atoms with van der Waals surface area (Å²) in [4.78, 5) is 16.7. The summed E-state index contributed by atoms with van der Waals surface area (Å²) >= 11 is 0. The fourth-order valence-corrected chi connectivity index (χ4v) is 3.13. The highest BCUT2D eigenvalue weighted by Crippen LogP contribution is 2.28. The van der Waals surface area contributed by atoms with E-state index in [0.717, 1.165) is 5.69 Å². The van der Waals surface area contributed by atoms with Crippen LogP contribution in [0.25, 0.3) is 11.5 Å². The summed E-state index contributed by atoms with van der Waals surface area (Å²) in [5.41, 5.74) is 1.24. The Labute approximate surface area is 195 Å². The van der Waals surface area contributed by atoms with Gasteiger partial charge in [-0.3, -0.25) is 15.0 Å². The van der Waals surface area contributed by atoms with Crippen LogP contribution in [0.5, 0.6) is 11.5 Å². The predicted octanol–water partition coefficient (Wildman–Crippen LogP) is 4.48. The van der Waals surface area contributed by atoms with Gasteiger partial charge in [0.15, 0.2) is 5.82 Å². The molecule has 0 saturated heterocycles. The first-order valence-electron chi connectivity index (χ1n) is 10.5. The number of pyridine rings is 1.